The Kier molecular flexibility index (Phi) is 2.61. The van der Waals surface area contributed by atoms with E-state index in [1.807, 2.05) is 18.2 Å². The fourth-order valence-electron chi connectivity index (χ4n) is 1.74. The Bertz CT molecular complexity index is 740. The third-order valence-electron chi connectivity index (χ3n) is 2.72. The Morgan fingerprint density at radius 2 is 2.33 bits per heavy atom. The maximum Gasteiger partial charge on any atom is 0.210 e. The molecule has 18 heavy (non-hydrogen) atoms. The van der Waals surface area contributed by atoms with E-state index >= 15 is 0 Å². The first-order valence-electron chi connectivity index (χ1n) is 5.27. The molecular formula is C12H9N3OS2. The van der Waals surface area contributed by atoms with E-state index in [9.17, 15) is 5.11 Å². The third-order valence-corrected chi connectivity index (χ3v) is 4.21. The monoisotopic (exact) mass is 275 g/mol. The molecule has 0 atom stereocenters. The van der Waals surface area contributed by atoms with E-state index in [4.69, 9.17) is 12.2 Å². The summed E-state index contributed by atoms with van der Waals surface area (Å²) in [5.74, 6) is 0.894. The first-order valence-corrected chi connectivity index (χ1v) is 6.49. The molecule has 3 rings (SSSR count). The molecule has 0 fully saturated rings. The van der Waals surface area contributed by atoms with Crippen LogP contribution in [0.5, 0.6) is 5.88 Å². The van der Waals surface area contributed by atoms with Gasteiger partial charge in [0.15, 0.2) is 9.77 Å². The zero-order chi connectivity index (χ0) is 12.7. The standard InChI is InChI=1S/C12H9N3OS2/c1-15-11(16)9(18-12(15)17)5-7-6-14-10-8(7)3-2-4-13-10/h2-6,16H,1H3/b7-5+. The quantitative estimate of drug-likeness (QED) is 0.813. The molecule has 0 amide bonds. The topological polar surface area (TPSA) is 50.4 Å². The van der Waals surface area contributed by atoms with Gasteiger partial charge in [0, 0.05) is 30.6 Å². The van der Waals surface area contributed by atoms with Crippen molar-refractivity contribution in [2.45, 2.75) is 0 Å². The maximum atomic E-state index is 9.93. The molecule has 1 aliphatic rings. The number of hydrogen-bond donors (Lipinski definition) is 1. The number of allylic oxidation sites excluding steroid dienone is 1. The second-order valence-electron chi connectivity index (χ2n) is 3.85. The van der Waals surface area contributed by atoms with Crippen molar-refractivity contribution in [1.29, 1.82) is 0 Å². The van der Waals surface area contributed by atoms with Crippen LogP contribution in [0.4, 0.5) is 5.82 Å². The van der Waals surface area contributed by atoms with E-state index in [0.717, 1.165) is 16.0 Å². The normalized spacial score (nSPS) is 15.3. The van der Waals surface area contributed by atoms with Gasteiger partial charge in [0.25, 0.3) is 0 Å². The molecule has 2 aromatic rings. The number of fused-ring (bicyclic) bond motifs is 1. The number of hydrogen-bond acceptors (Lipinski definition) is 5. The second kappa shape index (κ2) is 4.15. The molecule has 0 bridgehead atoms. The molecule has 0 spiro atoms. The molecule has 1 N–H and O–H groups in total. The van der Waals surface area contributed by atoms with Gasteiger partial charge in [-0.15, -0.1) is 11.3 Å². The summed E-state index contributed by atoms with van der Waals surface area (Å²) in [5, 5.41) is 9.93. The number of aromatic nitrogens is 2. The van der Waals surface area contributed by atoms with Gasteiger partial charge in [-0.25, -0.2) is 9.98 Å². The fraction of sp³-hybridized carbons (Fsp3) is 0.0833. The molecular weight excluding hydrogens is 266 g/mol. The van der Waals surface area contributed by atoms with Gasteiger partial charge in [-0.1, -0.05) is 0 Å². The molecule has 0 unspecified atom stereocenters. The zero-order valence-electron chi connectivity index (χ0n) is 9.49. The lowest BCUT2D eigenvalue weighted by molar-refractivity contribution is 0.430. The summed E-state index contributed by atoms with van der Waals surface area (Å²) < 4.78 is 2.23. The molecule has 4 nitrogen and oxygen atoms in total. The van der Waals surface area contributed by atoms with E-state index in [1.165, 1.54) is 11.3 Å². The van der Waals surface area contributed by atoms with Crippen molar-refractivity contribution < 1.29 is 5.11 Å². The van der Waals surface area contributed by atoms with Crippen molar-refractivity contribution in [2.75, 3.05) is 0 Å². The number of nitrogens with zero attached hydrogens (tertiary/aromatic N) is 3. The Hall–Kier alpha value is -1.79. The number of aliphatic imine (C=N–C) groups is 1. The summed E-state index contributed by atoms with van der Waals surface area (Å²) in [6, 6.07) is 3.83. The fourth-order valence-corrected chi connectivity index (χ4v) is 2.92. The summed E-state index contributed by atoms with van der Waals surface area (Å²) in [4.78, 5) is 9.13. The van der Waals surface area contributed by atoms with Crippen LogP contribution in [0.3, 0.4) is 0 Å². The van der Waals surface area contributed by atoms with Crippen molar-refractivity contribution in [2.24, 2.45) is 12.0 Å². The predicted octanol–water partition coefficient (Wildman–Crippen LogP) is 3.17. The highest BCUT2D eigenvalue weighted by molar-refractivity contribution is 7.73. The van der Waals surface area contributed by atoms with Gasteiger partial charge < -0.3 is 5.11 Å². The highest BCUT2D eigenvalue weighted by atomic mass is 32.1. The highest BCUT2D eigenvalue weighted by Crippen LogP contribution is 2.34. The van der Waals surface area contributed by atoms with Crippen LogP contribution in [0, 0.1) is 3.95 Å². The summed E-state index contributed by atoms with van der Waals surface area (Å²) in [7, 11) is 1.74. The molecule has 90 valence electrons. The van der Waals surface area contributed by atoms with Gasteiger partial charge in [0.1, 0.15) is 0 Å². The minimum atomic E-state index is 0.184. The summed E-state index contributed by atoms with van der Waals surface area (Å²) in [5.41, 5.74) is 1.91. The number of pyridine rings is 1. The van der Waals surface area contributed by atoms with Crippen LogP contribution in [-0.2, 0) is 7.05 Å². The second-order valence-corrected chi connectivity index (χ2v) is 5.52. The van der Waals surface area contributed by atoms with Crippen molar-refractivity contribution in [3.05, 3.63) is 32.7 Å². The molecule has 0 aromatic carbocycles. The van der Waals surface area contributed by atoms with Gasteiger partial charge in [0.2, 0.25) is 5.88 Å². The summed E-state index contributed by atoms with van der Waals surface area (Å²) in [6.07, 6.45) is 5.34. The van der Waals surface area contributed by atoms with Crippen LogP contribution in [0.1, 0.15) is 10.4 Å². The van der Waals surface area contributed by atoms with Gasteiger partial charge in [-0.05, 0) is 30.4 Å². The number of rotatable bonds is 1. The van der Waals surface area contributed by atoms with E-state index < -0.39 is 0 Å². The average molecular weight is 275 g/mol. The Morgan fingerprint density at radius 3 is 3.06 bits per heavy atom. The molecule has 6 heteroatoms. The van der Waals surface area contributed by atoms with Crippen LogP contribution < -0.4 is 0 Å². The zero-order valence-corrected chi connectivity index (χ0v) is 11.1. The molecule has 0 saturated heterocycles. The predicted molar refractivity (Wildman–Crippen MR) is 76.0 cm³/mol. The van der Waals surface area contributed by atoms with Crippen LogP contribution >= 0.6 is 23.6 Å². The maximum absolute atomic E-state index is 9.93. The minimum absolute atomic E-state index is 0.184. The van der Waals surface area contributed by atoms with Crippen molar-refractivity contribution >= 4 is 47.2 Å². The van der Waals surface area contributed by atoms with Crippen molar-refractivity contribution in [3.8, 4) is 5.88 Å². The number of aromatic hydroxyl groups is 1. The van der Waals surface area contributed by atoms with Crippen molar-refractivity contribution in [1.82, 2.24) is 9.55 Å². The molecule has 1 aliphatic heterocycles. The van der Waals surface area contributed by atoms with E-state index in [1.54, 1.807) is 24.0 Å². The first-order chi connectivity index (χ1) is 8.66. The smallest absolute Gasteiger partial charge is 0.210 e. The van der Waals surface area contributed by atoms with Crippen LogP contribution in [0.2, 0.25) is 0 Å². The molecule has 3 heterocycles. The minimum Gasteiger partial charge on any atom is -0.493 e. The number of thiazole rings is 1. The largest absolute Gasteiger partial charge is 0.493 e. The Morgan fingerprint density at radius 1 is 1.50 bits per heavy atom. The van der Waals surface area contributed by atoms with Gasteiger partial charge in [-0.3, -0.25) is 4.57 Å². The van der Waals surface area contributed by atoms with Crippen LogP contribution in [0.25, 0.3) is 11.6 Å². The van der Waals surface area contributed by atoms with E-state index in [2.05, 4.69) is 9.98 Å². The molecule has 0 aliphatic carbocycles. The van der Waals surface area contributed by atoms with Gasteiger partial charge in [-0.2, -0.15) is 0 Å². The molecule has 2 aromatic heterocycles. The summed E-state index contributed by atoms with van der Waals surface area (Å²) >= 11 is 6.50. The van der Waals surface area contributed by atoms with Crippen molar-refractivity contribution in [3.63, 3.8) is 0 Å². The van der Waals surface area contributed by atoms with Gasteiger partial charge in [0.05, 0.1) is 4.88 Å². The summed E-state index contributed by atoms with van der Waals surface area (Å²) in [6.45, 7) is 0. The Balaban J connectivity index is 2.12. The lowest BCUT2D eigenvalue weighted by Crippen LogP contribution is -1.85. The van der Waals surface area contributed by atoms with Crippen LogP contribution in [-0.4, -0.2) is 20.9 Å². The van der Waals surface area contributed by atoms with Gasteiger partial charge >= 0.3 is 0 Å². The SMILES string of the molecule is Cn1c(O)c(/C=C2\C=Nc3ncccc32)sc1=S. The highest BCUT2D eigenvalue weighted by Gasteiger charge is 2.14. The van der Waals surface area contributed by atoms with E-state index in [0.29, 0.717) is 9.77 Å². The van der Waals surface area contributed by atoms with E-state index in [-0.39, 0.29) is 5.88 Å². The molecule has 0 radical (unpaired) electrons. The Labute approximate surface area is 113 Å². The lowest BCUT2D eigenvalue weighted by atomic mass is 10.1. The third kappa shape index (κ3) is 1.70. The van der Waals surface area contributed by atoms with Crippen LogP contribution in [0.15, 0.2) is 23.3 Å². The first kappa shape index (κ1) is 11.3. The average Bonchev–Trinajstić information content (AvgIpc) is 2.89. The lowest BCUT2D eigenvalue weighted by Gasteiger charge is -1.98. The molecule has 0 saturated carbocycles.